The highest BCUT2D eigenvalue weighted by Crippen LogP contribution is 2.17. The van der Waals surface area contributed by atoms with Crippen LogP contribution in [-0.2, 0) is 14.3 Å². The van der Waals surface area contributed by atoms with Gasteiger partial charge in [-0.05, 0) is 77.0 Å². The van der Waals surface area contributed by atoms with Crippen LogP contribution in [0.5, 0.6) is 0 Å². The highest BCUT2D eigenvalue weighted by Gasteiger charge is 2.20. The van der Waals surface area contributed by atoms with Gasteiger partial charge in [-0.3, -0.25) is 9.59 Å². The Morgan fingerprint density at radius 2 is 0.712 bits per heavy atom. The summed E-state index contributed by atoms with van der Waals surface area (Å²) in [5.41, 5.74) is 0. The van der Waals surface area contributed by atoms with Gasteiger partial charge in [-0.15, -0.1) is 0 Å². The van der Waals surface area contributed by atoms with Crippen molar-refractivity contribution in [1.82, 2.24) is 5.32 Å². The second-order valence-corrected chi connectivity index (χ2v) is 20.3. The molecule has 0 aliphatic rings. The van der Waals surface area contributed by atoms with Gasteiger partial charge in [0.2, 0.25) is 5.91 Å². The SMILES string of the molecule is CCCCCC/C=C\CCCCCCCC(=O)OCCCCCCCCCCCCCC/C=C\CCCCCCCCCCC(=O)NC(CO)C(O)CCCCCCCCCCCCCC. The van der Waals surface area contributed by atoms with Crippen molar-refractivity contribution in [3.8, 4) is 0 Å². The van der Waals surface area contributed by atoms with Gasteiger partial charge < -0.3 is 20.3 Å². The van der Waals surface area contributed by atoms with Gasteiger partial charge in [0.05, 0.1) is 25.4 Å². The Kier molecular flexibility index (Phi) is 54.5. The Morgan fingerprint density at radius 3 is 1.09 bits per heavy atom. The molecule has 0 aliphatic heterocycles. The molecule has 0 aromatic rings. The largest absolute Gasteiger partial charge is 0.466 e. The summed E-state index contributed by atoms with van der Waals surface area (Å²) in [6.07, 6.45) is 67.5. The van der Waals surface area contributed by atoms with Gasteiger partial charge in [-0.1, -0.05) is 256 Å². The van der Waals surface area contributed by atoms with Crippen LogP contribution in [0.3, 0.4) is 0 Å². The van der Waals surface area contributed by atoms with Crippen LogP contribution >= 0.6 is 0 Å². The third-order valence-corrected chi connectivity index (χ3v) is 13.7. The summed E-state index contributed by atoms with van der Waals surface area (Å²) in [5, 5.41) is 23.2. The maximum atomic E-state index is 12.4. The number of unbranched alkanes of at least 4 members (excludes halogenated alkanes) is 40. The molecule has 0 radical (unpaired) electrons. The van der Waals surface area contributed by atoms with E-state index in [9.17, 15) is 19.8 Å². The fourth-order valence-electron chi connectivity index (χ4n) is 9.16. The predicted octanol–water partition coefficient (Wildman–Crippen LogP) is 18.2. The van der Waals surface area contributed by atoms with Crippen LogP contribution in [0, 0.1) is 0 Å². The second-order valence-electron chi connectivity index (χ2n) is 20.3. The number of rotatable bonds is 55. The second kappa shape index (κ2) is 55.9. The topological polar surface area (TPSA) is 95.9 Å². The number of nitrogens with one attached hydrogen (secondary N) is 1. The van der Waals surface area contributed by atoms with Crippen LogP contribution in [0.4, 0.5) is 0 Å². The fourth-order valence-corrected chi connectivity index (χ4v) is 9.16. The summed E-state index contributed by atoms with van der Waals surface area (Å²) < 4.78 is 5.47. The van der Waals surface area contributed by atoms with Crippen LogP contribution in [0.15, 0.2) is 24.3 Å². The molecule has 2 unspecified atom stereocenters. The molecule has 0 fully saturated rings. The van der Waals surface area contributed by atoms with Gasteiger partial charge in [0, 0.05) is 12.8 Å². The summed E-state index contributed by atoms with van der Waals surface area (Å²) >= 11 is 0. The first kappa shape index (κ1) is 64.3. The highest BCUT2D eigenvalue weighted by atomic mass is 16.5. The molecule has 0 saturated carbocycles. The van der Waals surface area contributed by atoms with E-state index < -0.39 is 12.1 Å². The van der Waals surface area contributed by atoms with Crippen molar-refractivity contribution in [1.29, 1.82) is 0 Å². The number of hydrogen-bond donors (Lipinski definition) is 3. The third-order valence-electron chi connectivity index (χ3n) is 13.7. The summed E-state index contributed by atoms with van der Waals surface area (Å²) in [7, 11) is 0. The van der Waals surface area contributed by atoms with Crippen LogP contribution in [0.25, 0.3) is 0 Å². The van der Waals surface area contributed by atoms with Crippen LogP contribution in [-0.4, -0.2) is 47.4 Å². The number of carbonyl (C=O) groups excluding carboxylic acids is 2. The van der Waals surface area contributed by atoms with E-state index in [1.54, 1.807) is 0 Å². The van der Waals surface area contributed by atoms with Crippen molar-refractivity contribution in [2.75, 3.05) is 13.2 Å². The smallest absolute Gasteiger partial charge is 0.305 e. The molecule has 3 N–H and O–H groups in total. The van der Waals surface area contributed by atoms with E-state index in [2.05, 4.69) is 43.5 Å². The van der Waals surface area contributed by atoms with Crippen molar-refractivity contribution in [2.24, 2.45) is 0 Å². The molecule has 66 heavy (non-hydrogen) atoms. The monoisotopic (exact) mass is 930 g/mol. The first-order chi connectivity index (χ1) is 32.5. The number of aliphatic hydroxyl groups excluding tert-OH is 2. The van der Waals surface area contributed by atoms with Crippen molar-refractivity contribution >= 4 is 11.9 Å². The number of amides is 1. The van der Waals surface area contributed by atoms with Crippen molar-refractivity contribution in [3.05, 3.63) is 24.3 Å². The van der Waals surface area contributed by atoms with Crippen molar-refractivity contribution in [2.45, 2.75) is 334 Å². The lowest BCUT2D eigenvalue weighted by atomic mass is 10.0. The minimum Gasteiger partial charge on any atom is -0.466 e. The molecule has 0 heterocycles. The van der Waals surface area contributed by atoms with Gasteiger partial charge >= 0.3 is 5.97 Å². The molecule has 0 bridgehead atoms. The first-order valence-corrected chi connectivity index (χ1v) is 29.6. The number of carbonyl (C=O) groups is 2. The minimum absolute atomic E-state index is 0.00330. The summed E-state index contributed by atoms with van der Waals surface area (Å²) in [5.74, 6) is -0.0361. The maximum Gasteiger partial charge on any atom is 0.305 e. The molecule has 0 aliphatic carbocycles. The summed E-state index contributed by atoms with van der Waals surface area (Å²) in [6, 6.07) is -0.543. The molecule has 0 aromatic heterocycles. The molecule has 0 saturated heterocycles. The highest BCUT2D eigenvalue weighted by molar-refractivity contribution is 5.76. The van der Waals surface area contributed by atoms with E-state index in [4.69, 9.17) is 4.74 Å². The van der Waals surface area contributed by atoms with E-state index in [0.717, 1.165) is 44.9 Å². The zero-order chi connectivity index (χ0) is 47.9. The quantitative estimate of drug-likeness (QED) is 0.0321. The Balaban J connectivity index is 3.39. The number of aliphatic hydroxyl groups is 2. The molecule has 2 atom stereocenters. The lowest BCUT2D eigenvalue weighted by Gasteiger charge is -2.22. The molecule has 6 heteroatoms. The van der Waals surface area contributed by atoms with E-state index in [1.807, 2.05) is 0 Å². The van der Waals surface area contributed by atoms with Gasteiger partial charge in [-0.25, -0.2) is 0 Å². The Morgan fingerprint density at radius 1 is 0.409 bits per heavy atom. The number of hydrogen-bond acceptors (Lipinski definition) is 5. The average molecular weight is 931 g/mol. The summed E-state index contributed by atoms with van der Waals surface area (Å²) in [4.78, 5) is 24.5. The van der Waals surface area contributed by atoms with Crippen LogP contribution < -0.4 is 5.32 Å². The molecule has 6 nitrogen and oxygen atoms in total. The molecule has 1 amide bonds. The van der Waals surface area contributed by atoms with Gasteiger partial charge in [0.15, 0.2) is 0 Å². The number of ether oxygens (including phenoxy) is 1. The van der Waals surface area contributed by atoms with Gasteiger partial charge in [0.1, 0.15) is 0 Å². The number of esters is 1. The predicted molar refractivity (Wildman–Crippen MR) is 287 cm³/mol. The molecular formula is C60H115NO5. The number of allylic oxidation sites excluding steroid dienone is 4. The lowest BCUT2D eigenvalue weighted by molar-refractivity contribution is -0.143. The van der Waals surface area contributed by atoms with Crippen LogP contribution in [0.1, 0.15) is 322 Å². The molecular weight excluding hydrogens is 815 g/mol. The lowest BCUT2D eigenvalue weighted by Crippen LogP contribution is -2.45. The summed E-state index contributed by atoms with van der Waals surface area (Å²) in [6.45, 7) is 4.94. The van der Waals surface area contributed by atoms with Crippen molar-refractivity contribution in [3.63, 3.8) is 0 Å². The Hall–Kier alpha value is -1.66. The zero-order valence-electron chi connectivity index (χ0n) is 44.4. The van der Waals surface area contributed by atoms with Crippen molar-refractivity contribution < 1.29 is 24.5 Å². The Bertz CT molecular complexity index is 1030. The average Bonchev–Trinajstić information content (AvgIpc) is 3.32. The molecule has 390 valence electrons. The molecule has 0 rings (SSSR count). The third kappa shape index (κ3) is 51.7. The minimum atomic E-state index is -0.665. The Labute approximate surface area is 411 Å². The van der Waals surface area contributed by atoms with E-state index >= 15 is 0 Å². The van der Waals surface area contributed by atoms with Gasteiger partial charge in [0.25, 0.3) is 0 Å². The van der Waals surface area contributed by atoms with E-state index in [0.29, 0.717) is 25.9 Å². The van der Waals surface area contributed by atoms with E-state index in [1.165, 1.54) is 244 Å². The van der Waals surface area contributed by atoms with Gasteiger partial charge in [-0.2, -0.15) is 0 Å². The normalized spacial score (nSPS) is 12.7. The fraction of sp³-hybridized carbons (Fsp3) is 0.900. The molecule has 0 aromatic carbocycles. The standard InChI is InChI=1S/C60H115NO5/c1-3-5-7-9-11-13-15-29-34-38-42-46-50-54-60(65)66-55-51-47-43-39-35-31-28-26-24-22-20-18-17-19-21-23-25-27-30-33-37-41-45-49-53-59(64)61-57(56-62)58(63)52-48-44-40-36-32-16-14-12-10-8-6-4-2/h13,15,19,21,57-58,62-63H,3-12,14,16-18,20,22-56H2,1-2H3,(H,61,64)/b15-13-,21-19-. The maximum absolute atomic E-state index is 12.4. The van der Waals surface area contributed by atoms with E-state index in [-0.39, 0.29) is 18.5 Å². The molecule has 0 spiro atoms. The van der Waals surface area contributed by atoms with Crippen LogP contribution in [0.2, 0.25) is 0 Å². The first-order valence-electron chi connectivity index (χ1n) is 29.6. The zero-order valence-corrected chi connectivity index (χ0v) is 44.4.